The second-order valence-corrected chi connectivity index (χ2v) is 7.47. The van der Waals surface area contributed by atoms with Crippen LogP contribution in [-0.2, 0) is 4.74 Å². The Morgan fingerprint density at radius 1 is 1.46 bits per heavy atom. The summed E-state index contributed by atoms with van der Waals surface area (Å²) in [6.07, 6.45) is 3.05. The van der Waals surface area contributed by atoms with Crippen LogP contribution in [0.2, 0.25) is 0 Å². The van der Waals surface area contributed by atoms with Crippen LogP contribution in [0.15, 0.2) is 18.2 Å². The molecule has 2 fully saturated rings. The summed E-state index contributed by atoms with van der Waals surface area (Å²) in [5.41, 5.74) is 0.869. The van der Waals surface area contributed by atoms with E-state index in [4.69, 9.17) is 4.74 Å². The largest absolute Gasteiger partial charge is 0.376 e. The first-order valence-corrected chi connectivity index (χ1v) is 9.47. The van der Waals surface area contributed by atoms with Gasteiger partial charge in [-0.15, -0.1) is 0 Å². The minimum Gasteiger partial charge on any atom is -0.376 e. The van der Waals surface area contributed by atoms with E-state index >= 15 is 0 Å². The Morgan fingerprint density at radius 3 is 2.92 bits per heavy atom. The number of ether oxygens (including phenoxy) is 1. The number of carbonyl (C=O) groups is 1. The minimum atomic E-state index is -0.429. The first kappa shape index (κ1) is 17.2. The fraction of sp³-hybridized carbons (Fsp3) is 0.588. The summed E-state index contributed by atoms with van der Waals surface area (Å²) in [4.78, 5) is 25.8. The number of thioether (sulfide) groups is 1. The third-order valence-electron chi connectivity index (χ3n) is 4.76. The molecular formula is C17H22N2O4S. The van der Waals surface area contributed by atoms with Gasteiger partial charge in [0.25, 0.3) is 11.6 Å². The molecule has 0 radical (unpaired) electrons. The highest BCUT2D eigenvalue weighted by Crippen LogP contribution is 2.28. The molecule has 1 aromatic rings. The highest BCUT2D eigenvalue weighted by atomic mass is 32.2. The van der Waals surface area contributed by atoms with Crippen molar-refractivity contribution in [1.82, 2.24) is 4.90 Å². The summed E-state index contributed by atoms with van der Waals surface area (Å²) in [5, 5.41) is 11.2. The highest BCUT2D eigenvalue weighted by molar-refractivity contribution is 7.99. The third-order valence-corrected chi connectivity index (χ3v) is 5.91. The number of nitrogens with zero attached hydrogens (tertiary/aromatic N) is 2. The Hall–Kier alpha value is -1.60. The summed E-state index contributed by atoms with van der Waals surface area (Å²) in [5.74, 6) is 1.86. The molecule has 3 rings (SSSR count). The Kier molecular flexibility index (Phi) is 5.40. The molecule has 2 aliphatic heterocycles. The van der Waals surface area contributed by atoms with Crippen LogP contribution in [-0.4, -0.2) is 52.5 Å². The Balaban J connectivity index is 1.87. The zero-order chi connectivity index (χ0) is 17.1. The average molecular weight is 350 g/mol. The Bertz CT molecular complexity index is 625. The maximum Gasteiger partial charge on any atom is 0.273 e. The number of nitro groups is 1. The van der Waals surface area contributed by atoms with Crippen LogP contribution >= 0.6 is 11.8 Å². The lowest BCUT2D eigenvalue weighted by Crippen LogP contribution is -2.45. The maximum atomic E-state index is 13.2. The second kappa shape index (κ2) is 7.53. The van der Waals surface area contributed by atoms with E-state index in [1.54, 1.807) is 19.1 Å². The van der Waals surface area contributed by atoms with Gasteiger partial charge in [0.15, 0.2) is 0 Å². The van der Waals surface area contributed by atoms with Gasteiger partial charge in [0.05, 0.1) is 11.0 Å². The van der Waals surface area contributed by atoms with E-state index in [-0.39, 0.29) is 23.7 Å². The molecule has 2 heterocycles. The van der Waals surface area contributed by atoms with Gasteiger partial charge in [0.2, 0.25) is 0 Å². The molecule has 6 nitrogen and oxygen atoms in total. The lowest BCUT2D eigenvalue weighted by atomic mass is 10.0. The summed E-state index contributed by atoms with van der Waals surface area (Å²) >= 11 is 1.85. The van der Waals surface area contributed by atoms with Crippen molar-refractivity contribution in [3.63, 3.8) is 0 Å². The fourth-order valence-electron chi connectivity index (χ4n) is 3.38. The average Bonchev–Trinajstić information content (AvgIpc) is 3.25. The van der Waals surface area contributed by atoms with Crippen LogP contribution in [0.25, 0.3) is 0 Å². The van der Waals surface area contributed by atoms with Crippen molar-refractivity contribution in [2.24, 2.45) is 0 Å². The van der Waals surface area contributed by atoms with Crippen molar-refractivity contribution >= 4 is 23.4 Å². The maximum absolute atomic E-state index is 13.2. The van der Waals surface area contributed by atoms with Crippen LogP contribution in [0.1, 0.15) is 35.2 Å². The molecule has 2 atom stereocenters. The van der Waals surface area contributed by atoms with E-state index in [1.807, 2.05) is 16.7 Å². The van der Waals surface area contributed by atoms with Crippen LogP contribution in [0.3, 0.4) is 0 Å². The van der Waals surface area contributed by atoms with Gasteiger partial charge < -0.3 is 9.64 Å². The number of rotatable bonds is 5. The van der Waals surface area contributed by atoms with Crippen molar-refractivity contribution in [2.75, 3.05) is 24.7 Å². The van der Waals surface area contributed by atoms with Gasteiger partial charge >= 0.3 is 0 Å². The molecule has 0 unspecified atom stereocenters. The van der Waals surface area contributed by atoms with Gasteiger partial charge in [-0.25, -0.2) is 0 Å². The van der Waals surface area contributed by atoms with E-state index < -0.39 is 4.92 Å². The van der Waals surface area contributed by atoms with E-state index in [0.29, 0.717) is 17.7 Å². The zero-order valence-corrected chi connectivity index (χ0v) is 14.6. The lowest BCUT2D eigenvalue weighted by Gasteiger charge is -2.31. The van der Waals surface area contributed by atoms with Crippen LogP contribution in [0, 0.1) is 17.0 Å². The summed E-state index contributed by atoms with van der Waals surface area (Å²) in [6.45, 7) is 2.98. The smallest absolute Gasteiger partial charge is 0.273 e. The molecule has 0 aliphatic carbocycles. The molecule has 0 saturated carbocycles. The Morgan fingerprint density at radius 2 is 2.29 bits per heavy atom. The summed E-state index contributed by atoms with van der Waals surface area (Å²) in [6, 6.07) is 4.91. The number of amides is 1. The fourth-order valence-corrected chi connectivity index (χ4v) is 4.61. The van der Waals surface area contributed by atoms with Crippen molar-refractivity contribution < 1.29 is 14.5 Å². The van der Waals surface area contributed by atoms with Gasteiger partial charge in [-0.1, -0.05) is 6.07 Å². The van der Waals surface area contributed by atoms with Crippen molar-refractivity contribution in [3.8, 4) is 0 Å². The van der Waals surface area contributed by atoms with E-state index in [2.05, 4.69) is 0 Å². The monoisotopic (exact) mass is 350 g/mol. The van der Waals surface area contributed by atoms with E-state index in [0.717, 1.165) is 37.4 Å². The lowest BCUT2D eigenvalue weighted by molar-refractivity contribution is -0.385. The molecule has 24 heavy (non-hydrogen) atoms. The van der Waals surface area contributed by atoms with Crippen LogP contribution in [0.5, 0.6) is 0 Å². The van der Waals surface area contributed by atoms with E-state index in [9.17, 15) is 14.9 Å². The molecule has 0 bridgehead atoms. The number of carbonyl (C=O) groups excluding carboxylic acids is 1. The number of hydrogen-bond acceptors (Lipinski definition) is 5. The van der Waals surface area contributed by atoms with Crippen molar-refractivity contribution in [3.05, 3.63) is 39.4 Å². The molecule has 0 aromatic heterocycles. The SMILES string of the molecule is Cc1c(C(=O)N(C[C@@H]2CCCO2)[C@@H]2CCSC2)cccc1[N+](=O)[O-]. The summed E-state index contributed by atoms with van der Waals surface area (Å²) in [7, 11) is 0. The predicted octanol–water partition coefficient (Wildman–Crippen LogP) is 3.03. The minimum absolute atomic E-state index is 0.00119. The summed E-state index contributed by atoms with van der Waals surface area (Å²) < 4.78 is 5.71. The molecule has 0 spiro atoms. The topological polar surface area (TPSA) is 72.7 Å². The van der Waals surface area contributed by atoms with Gasteiger partial charge in [0, 0.05) is 42.1 Å². The normalized spacial score (nSPS) is 23.4. The molecule has 2 aliphatic rings. The molecule has 1 amide bonds. The number of nitro benzene ring substituents is 1. The van der Waals surface area contributed by atoms with Crippen LogP contribution < -0.4 is 0 Å². The second-order valence-electron chi connectivity index (χ2n) is 6.32. The van der Waals surface area contributed by atoms with Crippen molar-refractivity contribution in [1.29, 1.82) is 0 Å². The van der Waals surface area contributed by atoms with Gasteiger partial charge in [-0.05, 0) is 38.0 Å². The Labute approximate surface area is 145 Å². The quantitative estimate of drug-likeness (QED) is 0.603. The molecule has 1 aromatic carbocycles. The zero-order valence-electron chi connectivity index (χ0n) is 13.8. The molecule has 130 valence electrons. The number of hydrogen-bond donors (Lipinski definition) is 0. The molecule has 7 heteroatoms. The molecule has 2 saturated heterocycles. The predicted molar refractivity (Wildman–Crippen MR) is 93.6 cm³/mol. The standard InChI is InChI=1S/C17H22N2O4S/c1-12-15(5-2-6-16(12)19(21)22)17(20)18(13-7-9-24-11-13)10-14-4-3-8-23-14/h2,5-6,13-14H,3-4,7-11H2,1H3/t13-,14+/m1/s1. The first-order chi connectivity index (χ1) is 11.6. The van der Waals surface area contributed by atoms with Crippen molar-refractivity contribution in [2.45, 2.75) is 38.3 Å². The van der Waals surface area contributed by atoms with Gasteiger partial charge in [0.1, 0.15) is 0 Å². The first-order valence-electron chi connectivity index (χ1n) is 8.32. The van der Waals surface area contributed by atoms with Gasteiger partial charge in [-0.3, -0.25) is 14.9 Å². The van der Waals surface area contributed by atoms with E-state index in [1.165, 1.54) is 6.07 Å². The highest BCUT2D eigenvalue weighted by Gasteiger charge is 2.32. The van der Waals surface area contributed by atoms with Crippen LogP contribution in [0.4, 0.5) is 5.69 Å². The molecular weight excluding hydrogens is 328 g/mol. The van der Waals surface area contributed by atoms with Gasteiger partial charge in [-0.2, -0.15) is 11.8 Å². The third kappa shape index (κ3) is 3.57. The number of benzene rings is 1. The molecule has 0 N–H and O–H groups in total.